The fourth-order valence-electron chi connectivity index (χ4n) is 2.04. The lowest BCUT2D eigenvalue weighted by molar-refractivity contribution is 0.0935. The van der Waals surface area contributed by atoms with E-state index in [4.69, 9.17) is 0 Å². The molecular formula is C15H13N3OS. The first kappa shape index (κ1) is 12.7. The molecule has 0 radical (unpaired) electrons. The molecule has 3 rings (SSSR count). The summed E-state index contributed by atoms with van der Waals surface area (Å²) in [5.74, 6) is -0.192. The Labute approximate surface area is 120 Å². The van der Waals surface area contributed by atoms with Crippen molar-refractivity contribution in [2.45, 2.75) is 13.0 Å². The molecule has 1 atom stereocenters. The standard InChI is InChI=1S/C15H13N3OS/c1-10(11-5-3-2-4-6-11)16-15(19)14-12-9-20-8-7-13(12)17-18-14/h2-10H,1H3,(H,16,19)/t10-/m0/s1. The van der Waals surface area contributed by atoms with Gasteiger partial charge in [0, 0.05) is 10.9 Å². The van der Waals surface area contributed by atoms with Gasteiger partial charge in [-0.3, -0.25) is 4.79 Å². The number of nitrogens with one attached hydrogen (secondary N) is 1. The number of rotatable bonds is 3. The summed E-state index contributed by atoms with van der Waals surface area (Å²) in [6, 6.07) is 11.6. The number of hydrogen-bond donors (Lipinski definition) is 1. The first-order chi connectivity index (χ1) is 9.75. The van der Waals surface area contributed by atoms with Crippen molar-refractivity contribution in [2.24, 2.45) is 0 Å². The fourth-order valence-corrected chi connectivity index (χ4v) is 2.70. The van der Waals surface area contributed by atoms with E-state index in [0.29, 0.717) is 5.69 Å². The van der Waals surface area contributed by atoms with E-state index in [-0.39, 0.29) is 11.9 Å². The van der Waals surface area contributed by atoms with E-state index < -0.39 is 0 Å². The van der Waals surface area contributed by atoms with Crippen molar-refractivity contribution < 1.29 is 4.79 Å². The minimum atomic E-state index is -0.192. The van der Waals surface area contributed by atoms with Crippen LogP contribution in [0.2, 0.25) is 0 Å². The highest BCUT2D eigenvalue weighted by atomic mass is 32.1. The zero-order chi connectivity index (χ0) is 13.9. The van der Waals surface area contributed by atoms with Crippen LogP contribution < -0.4 is 5.32 Å². The quantitative estimate of drug-likeness (QED) is 0.803. The van der Waals surface area contributed by atoms with Crippen LogP contribution in [0.25, 0.3) is 11.3 Å². The average molecular weight is 283 g/mol. The van der Waals surface area contributed by atoms with Crippen molar-refractivity contribution in [2.75, 3.05) is 0 Å². The van der Waals surface area contributed by atoms with Gasteiger partial charge in [-0.25, -0.2) is 0 Å². The van der Waals surface area contributed by atoms with Crippen LogP contribution >= 0.6 is 11.3 Å². The smallest absolute Gasteiger partial charge is 0.273 e. The summed E-state index contributed by atoms with van der Waals surface area (Å²) in [7, 11) is 0. The molecule has 1 aromatic rings. The first-order valence-corrected chi connectivity index (χ1v) is 7.24. The average Bonchev–Trinajstić information content (AvgIpc) is 2.92. The van der Waals surface area contributed by atoms with E-state index in [2.05, 4.69) is 15.5 Å². The molecule has 2 aliphatic rings. The van der Waals surface area contributed by atoms with E-state index >= 15 is 0 Å². The van der Waals surface area contributed by atoms with Gasteiger partial charge in [0.25, 0.3) is 5.91 Å². The van der Waals surface area contributed by atoms with Crippen LogP contribution in [0.15, 0.2) is 47.2 Å². The zero-order valence-corrected chi connectivity index (χ0v) is 11.7. The van der Waals surface area contributed by atoms with Gasteiger partial charge in [0.15, 0.2) is 5.69 Å². The van der Waals surface area contributed by atoms with Crippen molar-refractivity contribution in [3.05, 3.63) is 58.4 Å². The fraction of sp³-hybridized carbons (Fsp3) is 0.133. The van der Waals surface area contributed by atoms with Gasteiger partial charge < -0.3 is 5.32 Å². The Morgan fingerprint density at radius 1 is 1.20 bits per heavy atom. The minimum absolute atomic E-state index is 0.0668. The number of carbonyl (C=O) groups is 1. The molecular weight excluding hydrogens is 270 g/mol. The second-order valence-corrected chi connectivity index (χ2v) is 5.29. The Kier molecular flexibility index (Phi) is 3.43. The second-order valence-electron chi connectivity index (χ2n) is 4.51. The Morgan fingerprint density at radius 3 is 2.80 bits per heavy atom. The lowest BCUT2D eigenvalue weighted by Gasteiger charge is -2.13. The van der Waals surface area contributed by atoms with Gasteiger partial charge in [-0.1, -0.05) is 30.3 Å². The van der Waals surface area contributed by atoms with Gasteiger partial charge in [0.1, 0.15) is 0 Å². The first-order valence-electron chi connectivity index (χ1n) is 6.30. The van der Waals surface area contributed by atoms with Crippen molar-refractivity contribution in [1.29, 1.82) is 0 Å². The van der Waals surface area contributed by atoms with Crippen LogP contribution in [0.1, 0.15) is 29.0 Å². The minimum Gasteiger partial charge on any atom is -0.344 e. The van der Waals surface area contributed by atoms with Crippen LogP contribution in [-0.2, 0) is 0 Å². The third-order valence-electron chi connectivity index (χ3n) is 3.14. The molecule has 2 aliphatic heterocycles. The van der Waals surface area contributed by atoms with E-state index in [0.717, 1.165) is 16.8 Å². The molecule has 20 heavy (non-hydrogen) atoms. The number of benzene rings is 1. The third-order valence-corrected chi connectivity index (χ3v) is 3.81. The molecule has 0 spiro atoms. The molecule has 1 aromatic carbocycles. The molecule has 0 aromatic heterocycles. The summed E-state index contributed by atoms with van der Waals surface area (Å²) in [5, 5.41) is 14.8. The van der Waals surface area contributed by atoms with Crippen molar-refractivity contribution in [3.63, 3.8) is 0 Å². The van der Waals surface area contributed by atoms with Crippen LogP contribution in [0.3, 0.4) is 0 Å². The van der Waals surface area contributed by atoms with Gasteiger partial charge in [-0.15, -0.1) is 10.2 Å². The summed E-state index contributed by atoms with van der Waals surface area (Å²) in [6.07, 6.45) is 0. The topological polar surface area (TPSA) is 54.9 Å². The Bertz CT molecular complexity index is 695. The van der Waals surface area contributed by atoms with Crippen LogP contribution in [0.5, 0.6) is 0 Å². The molecule has 0 aliphatic carbocycles. The van der Waals surface area contributed by atoms with E-state index in [9.17, 15) is 4.79 Å². The maximum absolute atomic E-state index is 12.3. The summed E-state index contributed by atoms with van der Waals surface area (Å²) < 4.78 is 0. The molecule has 100 valence electrons. The molecule has 4 nitrogen and oxygen atoms in total. The zero-order valence-electron chi connectivity index (χ0n) is 10.9. The number of hydrogen-bond acceptors (Lipinski definition) is 4. The van der Waals surface area contributed by atoms with Crippen LogP contribution in [0, 0.1) is 0 Å². The Balaban J connectivity index is 1.80. The Morgan fingerprint density at radius 2 is 2.00 bits per heavy atom. The van der Waals surface area contributed by atoms with E-state index in [1.807, 2.05) is 54.1 Å². The molecule has 5 heteroatoms. The number of fused-ring (bicyclic) bond motifs is 1. The number of aromatic nitrogens is 2. The molecule has 0 saturated carbocycles. The van der Waals surface area contributed by atoms with Crippen molar-refractivity contribution in [3.8, 4) is 11.3 Å². The number of amides is 1. The maximum Gasteiger partial charge on any atom is 0.273 e. The van der Waals surface area contributed by atoms with Crippen molar-refractivity contribution >= 4 is 17.2 Å². The number of carbonyl (C=O) groups excluding carboxylic acids is 1. The SMILES string of the molecule is C[C@H](NC(=O)c1nnc2ccscc1-2)c1ccccc1. The Hall–Kier alpha value is -2.27. The molecule has 0 unspecified atom stereocenters. The molecule has 0 fully saturated rings. The highest BCUT2D eigenvalue weighted by molar-refractivity contribution is 7.07. The molecule has 1 amide bonds. The van der Waals surface area contributed by atoms with E-state index in [1.165, 1.54) is 11.3 Å². The lowest BCUT2D eigenvalue weighted by Crippen LogP contribution is -2.27. The molecule has 2 heterocycles. The normalized spacial score (nSPS) is 12.2. The monoisotopic (exact) mass is 283 g/mol. The molecule has 0 saturated heterocycles. The summed E-state index contributed by atoms with van der Waals surface area (Å²) >= 11 is 1.52. The van der Waals surface area contributed by atoms with Gasteiger partial charge in [-0.05, 0) is 23.9 Å². The summed E-state index contributed by atoms with van der Waals surface area (Å²) in [5.41, 5.74) is 3.00. The lowest BCUT2D eigenvalue weighted by atomic mass is 10.1. The van der Waals surface area contributed by atoms with Gasteiger partial charge in [0.2, 0.25) is 0 Å². The highest BCUT2D eigenvalue weighted by Gasteiger charge is 2.20. The largest absolute Gasteiger partial charge is 0.344 e. The predicted molar refractivity (Wildman–Crippen MR) is 78.9 cm³/mol. The predicted octanol–water partition coefficient (Wildman–Crippen LogP) is 3.13. The van der Waals surface area contributed by atoms with Crippen LogP contribution in [-0.4, -0.2) is 16.1 Å². The van der Waals surface area contributed by atoms with Gasteiger partial charge in [0.05, 0.1) is 11.7 Å². The van der Waals surface area contributed by atoms with E-state index in [1.54, 1.807) is 0 Å². The number of nitrogens with zero attached hydrogens (tertiary/aromatic N) is 2. The highest BCUT2D eigenvalue weighted by Crippen LogP contribution is 2.24. The van der Waals surface area contributed by atoms with Gasteiger partial charge >= 0.3 is 0 Å². The van der Waals surface area contributed by atoms with Crippen molar-refractivity contribution in [1.82, 2.24) is 15.5 Å². The third kappa shape index (κ3) is 2.40. The second kappa shape index (κ2) is 5.38. The molecule has 0 bridgehead atoms. The summed E-state index contributed by atoms with van der Waals surface area (Å²) in [6.45, 7) is 1.95. The van der Waals surface area contributed by atoms with Gasteiger partial charge in [-0.2, -0.15) is 11.3 Å². The summed E-state index contributed by atoms with van der Waals surface area (Å²) in [4.78, 5) is 12.3. The maximum atomic E-state index is 12.3. The van der Waals surface area contributed by atoms with Crippen LogP contribution in [0.4, 0.5) is 0 Å². The molecule has 1 N–H and O–H groups in total.